The van der Waals surface area contributed by atoms with Gasteiger partial charge >= 0.3 is 5.97 Å². The van der Waals surface area contributed by atoms with E-state index in [1.165, 1.54) is 16.8 Å². The molecule has 2 atom stereocenters. The molecule has 0 saturated carbocycles. The summed E-state index contributed by atoms with van der Waals surface area (Å²) in [6, 6.07) is 4.20. The lowest BCUT2D eigenvalue weighted by atomic mass is 9.77. The molecule has 2 aliphatic rings. The van der Waals surface area contributed by atoms with Gasteiger partial charge in [-0.25, -0.2) is 4.58 Å². The van der Waals surface area contributed by atoms with Gasteiger partial charge in [-0.15, -0.1) is 0 Å². The van der Waals surface area contributed by atoms with Crippen molar-refractivity contribution >= 4 is 11.7 Å². The van der Waals surface area contributed by atoms with Gasteiger partial charge in [0.25, 0.3) is 0 Å². The molecular weight excluding hydrogens is 330 g/mol. The Balaban J connectivity index is 1.93. The first-order valence-corrected chi connectivity index (χ1v) is 9.62. The lowest BCUT2D eigenvalue weighted by Crippen LogP contribution is -2.42. The molecule has 2 aliphatic heterocycles. The van der Waals surface area contributed by atoms with E-state index >= 15 is 0 Å². The van der Waals surface area contributed by atoms with Crippen LogP contribution in [0.4, 0.5) is 0 Å². The third kappa shape index (κ3) is 3.57. The normalized spacial score (nSPS) is 21.7. The number of ether oxygens (including phenoxy) is 3. The smallest absolute Gasteiger partial charge is 0.306 e. The standard InChI is InChI=1S/C21H30NO4/c1-5-14-13-22-8-7-15-10-19(24-3)20(25-4)12-17(15)18(22)9-16(14)11-21(23)26-6-2/h10,12,14,16H,5-9,11,13H2,1-4H3/q+1/t14-,16-/m0/s1. The maximum atomic E-state index is 12.1. The Morgan fingerprint density at radius 3 is 2.54 bits per heavy atom. The molecule has 5 heteroatoms. The van der Waals surface area contributed by atoms with Crippen LogP contribution < -0.4 is 9.47 Å². The van der Waals surface area contributed by atoms with Crippen molar-refractivity contribution < 1.29 is 23.6 Å². The van der Waals surface area contributed by atoms with Crippen molar-refractivity contribution in [3.05, 3.63) is 23.3 Å². The fourth-order valence-electron chi connectivity index (χ4n) is 4.38. The van der Waals surface area contributed by atoms with E-state index in [9.17, 15) is 4.79 Å². The number of hydrogen-bond acceptors (Lipinski definition) is 4. The van der Waals surface area contributed by atoms with Crippen molar-refractivity contribution in [1.82, 2.24) is 0 Å². The molecule has 5 nitrogen and oxygen atoms in total. The van der Waals surface area contributed by atoms with E-state index in [-0.39, 0.29) is 5.97 Å². The summed E-state index contributed by atoms with van der Waals surface area (Å²) in [5, 5.41) is 0. The highest BCUT2D eigenvalue weighted by atomic mass is 16.5. The molecule has 3 rings (SSSR count). The van der Waals surface area contributed by atoms with Crippen LogP contribution in [0.25, 0.3) is 0 Å². The number of nitrogens with zero attached hydrogens (tertiary/aromatic N) is 1. The van der Waals surface area contributed by atoms with Crippen LogP contribution in [-0.4, -0.2) is 50.2 Å². The van der Waals surface area contributed by atoms with Gasteiger partial charge in [0.05, 0.1) is 20.8 Å². The van der Waals surface area contributed by atoms with E-state index in [1.54, 1.807) is 14.2 Å². The highest BCUT2D eigenvalue weighted by Gasteiger charge is 2.39. The number of hydrogen-bond donors (Lipinski definition) is 0. The second-order valence-corrected chi connectivity index (χ2v) is 7.15. The largest absolute Gasteiger partial charge is 0.493 e. The summed E-state index contributed by atoms with van der Waals surface area (Å²) < 4.78 is 18.7. The second-order valence-electron chi connectivity index (χ2n) is 7.15. The van der Waals surface area contributed by atoms with Gasteiger partial charge in [0.2, 0.25) is 0 Å². The van der Waals surface area contributed by atoms with Gasteiger partial charge in [0, 0.05) is 30.7 Å². The molecule has 0 bridgehead atoms. The lowest BCUT2D eigenvalue weighted by Gasteiger charge is -2.32. The van der Waals surface area contributed by atoms with Gasteiger partial charge in [0.1, 0.15) is 13.1 Å². The van der Waals surface area contributed by atoms with Gasteiger partial charge in [0.15, 0.2) is 17.2 Å². The Bertz CT molecular complexity index is 710. The molecule has 1 aromatic rings. The first-order chi connectivity index (χ1) is 12.6. The molecule has 0 amide bonds. The Morgan fingerprint density at radius 2 is 1.88 bits per heavy atom. The van der Waals surface area contributed by atoms with Crippen LogP contribution in [0.2, 0.25) is 0 Å². The third-order valence-electron chi connectivity index (χ3n) is 5.79. The lowest BCUT2D eigenvalue weighted by molar-refractivity contribution is -0.543. The van der Waals surface area contributed by atoms with Crippen LogP contribution in [0.5, 0.6) is 11.5 Å². The summed E-state index contributed by atoms with van der Waals surface area (Å²) >= 11 is 0. The molecule has 1 aromatic carbocycles. The molecule has 0 fully saturated rings. The maximum Gasteiger partial charge on any atom is 0.306 e. The summed E-state index contributed by atoms with van der Waals surface area (Å²) in [4.78, 5) is 12.1. The number of carbonyl (C=O) groups is 1. The number of esters is 1. The molecule has 0 aromatic heterocycles. The van der Waals surface area contributed by atoms with Crippen molar-refractivity contribution in [2.75, 3.05) is 33.9 Å². The summed E-state index contributed by atoms with van der Waals surface area (Å²) in [6.45, 7) is 6.58. The summed E-state index contributed by atoms with van der Waals surface area (Å²) in [5.74, 6) is 2.34. The van der Waals surface area contributed by atoms with Gasteiger partial charge in [-0.3, -0.25) is 4.79 Å². The summed E-state index contributed by atoms with van der Waals surface area (Å²) in [6.07, 6.45) is 3.52. The molecule has 0 saturated heterocycles. The van der Waals surface area contributed by atoms with Gasteiger partial charge in [-0.05, 0) is 37.0 Å². The van der Waals surface area contributed by atoms with Crippen LogP contribution in [0.1, 0.15) is 44.2 Å². The molecule has 0 unspecified atom stereocenters. The molecular formula is C21H30NO4+. The molecule has 142 valence electrons. The Labute approximate surface area is 156 Å². The predicted octanol–water partition coefficient (Wildman–Crippen LogP) is 3.06. The average molecular weight is 360 g/mol. The Hall–Kier alpha value is -2.04. The maximum absolute atomic E-state index is 12.1. The van der Waals surface area contributed by atoms with Crippen molar-refractivity contribution in [3.63, 3.8) is 0 Å². The number of fused-ring (bicyclic) bond motifs is 2. The Morgan fingerprint density at radius 1 is 1.15 bits per heavy atom. The monoisotopic (exact) mass is 360 g/mol. The minimum Gasteiger partial charge on any atom is -0.493 e. The first-order valence-electron chi connectivity index (χ1n) is 9.62. The molecule has 0 radical (unpaired) electrons. The average Bonchev–Trinajstić information content (AvgIpc) is 2.66. The zero-order valence-corrected chi connectivity index (χ0v) is 16.3. The molecule has 0 aliphatic carbocycles. The number of rotatable bonds is 6. The van der Waals surface area contributed by atoms with Crippen molar-refractivity contribution in [2.45, 2.75) is 39.5 Å². The number of benzene rings is 1. The summed E-state index contributed by atoms with van der Waals surface area (Å²) in [7, 11) is 3.35. The van der Waals surface area contributed by atoms with E-state index in [2.05, 4.69) is 23.6 Å². The fraction of sp³-hybridized carbons (Fsp3) is 0.619. The summed E-state index contributed by atoms with van der Waals surface area (Å²) in [5.41, 5.74) is 3.89. The van der Waals surface area contributed by atoms with Crippen LogP contribution in [0.15, 0.2) is 12.1 Å². The Kier molecular flexibility index (Phi) is 5.84. The van der Waals surface area contributed by atoms with E-state index in [1.807, 2.05) is 6.92 Å². The quantitative estimate of drug-likeness (QED) is 0.578. The SMILES string of the molecule is CCOC(=O)C[C@@H]1CC2=[N+](CCc3cc(OC)c(OC)cc32)C[C@@H]1CC. The highest BCUT2D eigenvalue weighted by molar-refractivity contribution is 6.00. The molecule has 2 heterocycles. The van der Waals surface area contributed by atoms with E-state index in [4.69, 9.17) is 14.2 Å². The zero-order valence-electron chi connectivity index (χ0n) is 16.3. The topological polar surface area (TPSA) is 47.8 Å². The molecule has 0 N–H and O–H groups in total. The van der Waals surface area contributed by atoms with Gasteiger partial charge < -0.3 is 14.2 Å². The van der Waals surface area contributed by atoms with Crippen molar-refractivity contribution in [2.24, 2.45) is 11.8 Å². The predicted molar refractivity (Wildman–Crippen MR) is 100 cm³/mol. The van der Waals surface area contributed by atoms with E-state index < -0.39 is 0 Å². The minimum atomic E-state index is -0.0756. The fourth-order valence-corrected chi connectivity index (χ4v) is 4.38. The van der Waals surface area contributed by atoms with E-state index in [0.29, 0.717) is 24.9 Å². The van der Waals surface area contributed by atoms with Crippen LogP contribution in [0, 0.1) is 11.8 Å². The number of carbonyl (C=O) groups excluding carboxylic acids is 1. The van der Waals surface area contributed by atoms with Gasteiger partial charge in [-0.1, -0.05) is 6.92 Å². The zero-order chi connectivity index (χ0) is 18.7. The van der Waals surface area contributed by atoms with Gasteiger partial charge in [-0.2, -0.15) is 0 Å². The van der Waals surface area contributed by atoms with E-state index in [0.717, 1.165) is 43.9 Å². The second kappa shape index (κ2) is 8.11. The number of methoxy groups -OCH3 is 2. The van der Waals surface area contributed by atoms with Crippen molar-refractivity contribution in [1.29, 1.82) is 0 Å². The minimum absolute atomic E-state index is 0.0756. The molecule has 26 heavy (non-hydrogen) atoms. The first kappa shape index (κ1) is 18.7. The highest BCUT2D eigenvalue weighted by Crippen LogP contribution is 2.37. The van der Waals surface area contributed by atoms with Crippen molar-refractivity contribution in [3.8, 4) is 11.5 Å². The third-order valence-corrected chi connectivity index (χ3v) is 5.79. The molecule has 0 spiro atoms. The van der Waals surface area contributed by atoms with Crippen LogP contribution in [-0.2, 0) is 16.0 Å². The van der Waals surface area contributed by atoms with Crippen LogP contribution >= 0.6 is 0 Å². The van der Waals surface area contributed by atoms with Crippen LogP contribution in [0.3, 0.4) is 0 Å².